The van der Waals surface area contributed by atoms with Crippen LogP contribution in [-0.2, 0) is 6.42 Å². The Hall–Kier alpha value is -1.20. The number of nitrogens with zero attached hydrogens (tertiary/aromatic N) is 4. The number of nitrogens with two attached hydrogens (primary N) is 1. The summed E-state index contributed by atoms with van der Waals surface area (Å²) >= 11 is 0. The second-order valence-corrected chi connectivity index (χ2v) is 5.34. The molecule has 0 amide bonds. The van der Waals surface area contributed by atoms with Gasteiger partial charge in [0.2, 0.25) is 0 Å². The number of aromatic nitrogens is 2. The summed E-state index contributed by atoms with van der Waals surface area (Å²) in [6.45, 7) is 7.25. The monoisotopic (exact) mass is 249 g/mol. The molecule has 0 radical (unpaired) electrons. The summed E-state index contributed by atoms with van der Waals surface area (Å²) in [5, 5.41) is 0. The summed E-state index contributed by atoms with van der Waals surface area (Å²) < 4.78 is 0. The summed E-state index contributed by atoms with van der Waals surface area (Å²) in [7, 11) is 4.33. The molecule has 1 aliphatic rings. The predicted molar refractivity (Wildman–Crippen MR) is 73.5 cm³/mol. The predicted octanol–water partition coefficient (Wildman–Crippen LogP) is 0.464. The summed E-state index contributed by atoms with van der Waals surface area (Å²) in [5.74, 6) is 1.48. The molecule has 5 heteroatoms. The minimum absolute atomic E-state index is 0.477. The molecular formula is C13H23N5. The van der Waals surface area contributed by atoms with Crippen LogP contribution in [0.3, 0.4) is 0 Å². The summed E-state index contributed by atoms with van der Waals surface area (Å²) in [6.07, 6.45) is 0.867. The Morgan fingerprint density at radius 3 is 2.61 bits per heavy atom. The first-order chi connectivity index (χ1) is 8.47. The second-order valence-electron chi connectivity index (χ2n) is 5.34. The average molecular weight is 249 g/mol. The standard InChI is InChI=1S/C13H23N5/c1-9-10(2)15-12(16-13(9)14)7-11-8-17(3)5-6-18(11)4/h11H,5-8H2,1-4H3,(H2,14,15,16). The number of anilines is 1. The highest BCUT2D eigenvalue weighted by Crippen LogP contribution is 2.14. The molecule has 0 aliphatic carbocycles. The molecule has 0 saturated carbocycles. The van der Waals surface area contributed by atoms with Crippen molar-refractivity contribution in [2.75, 3.05) is 39.5 Å². The molecule has 2 heterocycles. The van der Waals surface area contributed by atoms with Crippen molar-refractivity contribution < 1.29 is 0 Å². The highest BCUT2D eigenvalue weighted by molar-refractivity contribution is 5.40. The van der Waals surface area contributed by atoms with Gasteiger partial charge >= 0.3 is 0 Å². The van der Waals surface area contributed by atoms with Crippen LogP contribution in [0.25, 0.3) is 0 Å². The highest BCUT2D eigenvalue weighted by atomic mass is 15.3. The number of nitrogen functional groups attached to an aromatic ring is 1. The van der Waals surface area contributed by atoms with E-state index >= 15 is 0 Å². The lowest BCUT2D eigenvalue weighted by Crippen LogP contribution is -2.51. The maximum atomic E-state index is 5.91. The lowest BCUT2D eigenvalue weighted by molar-refractivity contribution is 0.113. The van der Waals surface area contributed by atoms with Crippen LogP contribution >= 0.6 is 0 Å². The van der Waals surface area contributed by atoms with Gasteiger partial charge in [-0.1, -0.05) is 0 Å². The van der Waals surface area contributed by atoms with Gasteiger partial charge in [0.15, 0.2) is 0 Å². The number of hydrogen-bond acceptors (Lipinski definition) is 5. The fourth-order valence-electron chi connectivity index (χ4n) is 2.33. The van der Waals surface area contributed by atoms with Gasteiger partial charge in [0.05, 0.1) is 0 Å². The fraction of sp³-hybridized carbons (Fsp3) is 0.692. The Kier molecular flexibility index (Phi) is 3.82. The fourth-order valence-corrected chi connectivity index (χ4v) is 2.33. The van der Waals surface area contributed by atoms with E-state index in [-0.39, 0.29) is 0 Å². The molecule has 1 aromatic heterocycles. The molecule has 5 nitrogen and oxygen atoms in total. The van der Waals surface area contributed by atoms with Crippen molar-refractivity contribution in [3.05, 3.63) is 17.1 Å². The Labute approximate surface area is 109 Å². The van der Waals surface area contributed by atoms with Crippen LogP contribution in [0, 0.1) is 13.8 Å². The molecule has 100 valence electrons. The van der Waals surface area contributed by atoms with E-state index in [1.807, 2.05) is 13.8 Å². The van der Waals surface area contributed by atoms with Crippen LogP contribution < -0.4 is 5.73 Å². The molecule has 2 rings (SSSR count). The van der Waals surface area contributed by atoms with E-state index in [0.717, 1.165) is 43.1 Å². The van der Waals surface area contributed by atoms with Crippen LogP contribution in [-0.4, -0.2) is 59.5 Å². The molecule has 18 heavy (non-hydrogen) atoms. The SMILES string of the molecule is Cc1nc(CC2CN(C)CCN2C)nc(N)c1C. The number of hydrogen-bond donors (Lipinski definition) is 1. The molecule has 1 aromatic rings. The van der Waals surface area contributed by atoms with Gasteiger partial charge in [-0.2, -0.15) is 0 Å². The first kappa shape index (κ1) is 13.2. The number of piperazine rings is 1. The molecule has 1 fully saturated rings. The molecule has 0 spiro atoms. The van der Waals surface area contributed by atoms with Crippen LogP contribution in [0.1, 0.15) is 17.1 Å². The third kappa shape index (κ3) is 2.79. The van der Waals surface area contributed by atoms with E-state index < -0.39 is 0 Å². The quantitative estimate of drug-likeness (QED) is 0.825. The molecule has 1 unspecified atom stereocenters. The van der Waals surface area contributed by atoms with Crippen LogP contribution in [0.4, 0.5) is 5.82 Å². The summed E-state index contributed by atoms with van der Waals surface area (Å²) in [6, 6.07) is 0.477. The van der Waals surface area contributed by atoms with E-state index in [2.05, 4.69) is 33.9 Å². The zero-order valence-electron chi connectivity index (χ0n) is 11.8. The van der Waals surface area contributed by atoms with E-state index in [1.165, 1.54) is 0 Å². The maximum absolute atomic E-state index is 5.91. The van der Waals surface area contributed by atoms with Crippen molar-refractivity contribution in [3.8, 4) is 0 Å². The molecule has 1 atom stereocenters. The number of aryl methyl sites for hydroxylation is 1. The lowest BCUT2D eigenvalue weighted by Gasteiger charge is -2.37. The van der Waals surface area contributed by atoms with Crippen molar-refractivity contribution in [1.29, 1.82) is 0 Å². The minimum Gasteiger partial charge on any atom is -0.383 e. The Morgan fingerprint density at radius 2 is 1.94 bits per heavy atom. The Balaban J connectivity index is 2.13. The molecular weight excluding hydrogens is 226 g/mol. The normalized spacial score (nSPS) is 22.3. The lowest BCUT2D eigenvalue weighted by atomic mass is 10.1. The van der Waals surface area contributed by atoms with Crippen molar-refractivity contribution in [2.24, 2.45) is 0 Å². The smallest absolute Gasteiger partial charge is 0.132 e. The molecule has 0 bridgehead atoms. The second kappa shape index (κ2) is 5.20. The van der Waals surface area contributed by atoms with Gasteiger partial charge in [-0.05, 0) is 27.9 Å². The van der Waals surface area contributed by atoms with Crippen LogP contribution in [0.5, 0.6) is 0 Å². The largest absolute Gasteiger partial charge is 0.383 e. The zero-order valence-corrected chi connectivity index (χ0v) is 11.8. The van der Waals surface area contributed by atoms with Gasteiger partial charge in [-0.15, -0.1) is 0 Å². The molecule has 0 aromatic carbocycles. The van der Waals surface area contributed by atoms with Gasteiger partial charge in [0, 0.05) is 43.4 Å². The van der Waals surface area contributed by atoms with Crippen LogP contribution in [0.2, 0.25) is 0 Å². The van der Waals surface area contributed by atoms with Gasteiger partial charge in [-0.3, -0.25) is 0 Å². The van der Waals surface area contributed by atoms with Crippen LogP contribution in [0.15, 0.2) is 0 Å². The Bertz CT molecular complexity index is 408. The van der Waals surface area contributed by atoms with Crippen molar-refractivity contribution >= 4 is 5.82 Å². The first-order valence-corrected chi connectivity index (χ1v) is 6.45. The minimum atomic E-state index is 0.477. The molecule has 1 saturated heterocycles. The number of rotatable bonds is 2. The first-order valence-electron chi connectivity index (χ1n) is 6.45. The molecule has 1 aliphatic heterocycles. The van der Waals surface area contributed by atoms with Gasteiger partial charge < -0.3 is 15.5 Å². The van der Waals surface area contributed by atoms with Gasteiger partial charge in [0.25, 0.3) is 0 Å². The van der Waals surface area contributed by atoms with E-state index in [0.29, 0.717) is 11.9 Å². The summed E-state index contributed by atoms with van der Waals surface area (Å²) in [4.78, 5) is 13.7. The highest BCUT2D eigenvalue weighted by Gasteiger charge is 2.23. The maximum Gasteiger partial charge on any atom is 0.132 e. The summed E-state index contributed by atoms with van der Waals surface area (Å²) in [5.41, 5.74) is 7.90. The van der Waals surface area contributed by atoms with Crippen molar-refractivity contribution in [2.45, 2.75) is 26.3 Å². The third-order valence-corrected chi connectivity index (χ3v) is 3.87. The van der Waals surface area contributed by atoms with E-state index in [4.69, 9.17) is 5.73 Å². The van der Waals surface area contributed by atoms with Gasteiger partial charge in [-0.25, -0.2) is 9.97 Å². The van der Waals surface area contributed by atoms with E-state index in [9.17, 15) is 0 Å². The Morgan fingerprint density at radius 1 is 1.22 bits per heavy atom. The number of likely N-dealkylation sites (N-methyl/N-ethyl adjacent to an activating group) is 2. The van der Waals surface area contributed by atoms with Gasteiger partial charge in [0.1, 0.15) is 11.6 Å². The van der Waals surface area contributed by atoms with Crippen molar-refractivity contribution in [3.63, 3.8) is 0 Å². The topological polar surface area (TPSA) is 58.3 Å². The molecule has 2 N–H and O–H groups in total. The van der Waals surface area contributed by atoms with Crippen molar-refractivity contribution in [1.82, 2.24) is 19.8 Å². The van der Waals surface area contributed by atoms with E-state index in [1.54, 1.807) is 0 Å². The zero-order chi connectivity index (χ0) is 13.3. The third-order valence-electron chi connectivity index (χ3n) is 3.87. The average Bonchev–Trinajstić information content (AvgIpc) is 2.31.